The van der Waals surface area contributed by atoms with Crippen LogP contribution < -0.4 is 4.74 Å². The molecule has 0 aliphatic carbocycles. The molecule has 0 fully saturated rings. The number of benzene rings is 2. The summed E-state index contributed by atoms with van der Waals surface area (Å²) in [7, 11) is 1.57. The molecule has 2 aromatic carbocycles. The van der Waals surface area contributed by atoms with Crippen LogP contribution in [0.15, 0.2) is 36.4 Å². The lowest BCUT2D eigenvalue weighted by Gasteiger charge is -2.12. The fraction of sp³-hybridized carbons (Fsp3) is 0.235. The van der Waals surface area contributed by atoms with Crippen molar-refractivity contribution in [1.82, 2.24) is 0 Å². The van der Waals surface area contributed by atoms with Crippen molar-refractivity contribution in [1.29, 1.82) is 0 Å². The van der Waals surface area contributed by atoms with Gasteiger partial charge in [-0.25, -0.2) is 0 Å². The average molecular weight is 323 g/mol. The van der Waals surface area contributed by atoms with Crippen molar-refractivity contribution in [3.05, 3.63) is 63.1 Å². The van der Waals surface area contributed by atoms with Gasteiger partial charge < -0.3 is 4.74 Å². The third-order valence-corrected chi connectivity index (χ3v) is 3.80. The van der Waals surface area contributed by atoms with E-state index >= 15 is 0 Å². The molecule has 2 nitrogen and oxygen atoms in total. The second-order valence-corrected chi connectivity index (χ2v) is 5.57. The molecule has 110 valence electrons. The molecule has 0 aliphatic heterocycles. The fourth-order valence-corrected chi connectivity index (χ4v) is 2.56. The Labute approximate surface area is 134 Å². The van der Waals surface area contributed by atoms with Crippen molar-refractivity contribution >= 4 is 29.0 Å². The van der Waals surface area contributed by atoms with Crippen molar-refractivity contribution < 1.29 is 9.53 Å². The quantitative estimate of drug-likeness (QED) is 0.708. The Balaban J connectivity index is 2.48. The van der Waals surface area contributed by atoms with Crippen molar-refractivity contribution in [2.45, 2.75) is 19.8 Å². The van der Waals surface area contributed by atoms with E-state index in [4.69, 9.17) is 27.9 Å². The van der Waals surface area contributed by atoms with Crippen molar-refractivity contribution in [3.63, 3.8) is 0 Å². The highest BCUT2D eigenvalue weighted by atomic mass is 35.5. The van der Waals surface area contributed by atoms with Crippen molar-refractivity contribution in [2.24, 2.45) is 0 Å². The zero-order valence-corrected chi connectivity index (χ0v) is 13.5. The predicted octanol–water partition coefficient (Wildman–Crippen LogP) is 5.19. The molecule has 0 atom stereocenters. The molecule has 2 rings (SSSR count). The first-order valence-electron chi connectivity index (χ1n) is 6.73. The maximum atomic E-state index is 12.7. The minimum absolute atomic E-state index is 0.0559. The topological polar surface area (TPSA) is 26.3 Å². The molecule has 0 amide bonds. The first-order chi connectivity index (χ1) is 10.1. The minimum Gasteiger partial charge on any atom is -0.495 e. The summed E-state index contributed by atoms with van der Waals surface area (Å²) in [5.41, 5.74) is 2.15. The Hall–Kier alpha value is -1.51. The number of aryl methyl sites for hydroxylation is 1. The van der Waals surface area contributed by atoms with Crippen LogP contribution in [0.2, 0.25) is 10.0 Å². The van der Waals surface area contributed by atoms with E-state index in [0.29, 0.717) is 26.9 Å². The molecule has 0 aliphatic rings. The smallest absolute Gasteiger partial charge is 0.193 e. The summed E-state index contributed by atoms with van der Waals surface area (Å²) in [5.74, 6) is 0.535. The molecule has 0 saturated carbocycles. The zero-order chi connectivity index (χ0) is 15.4. The van der Waals surface area contributed by atoms with Crippen LogP contribution in [0.1, 0.15) is 34.8 Å². The van der Waals surface area contributed by atoms with E-state index in [1.165, 1.54) is 0 Å². The predicted molar refractivity (Wildman–Crippen MR) is 86.9 cm³/mol. The van der Waals surface area contributed by atoms with Gasteiger partial charge in [0.15, 0.2) is 5.78 Å². The summed E-state index contributed by atoms with van der Waals surface area (Å²) < 4.78 is 5.23. The highest BCUT2D eigenvalue weighted by molar-refractivity contribution is 6.32. The van der Waals surface area contributed by atoms with E-state index in [-0.39, 0.29) is 5.78 Å². The number of hydrogen-bond donors (Lipinski definition) is 0. The number of halogens is 2. The van der Waals surface area contributed by atoms with E-state index in [2.05, 4.69) is 6.92 Å². The molecule has 0 N–H and O–H groups in total. The highest BCUT2D eigenvalue weighted by Crippen LogP contribution is 2.30. The summed E-state index contributed by atoms with van der Waals surface area (Å²) in [4.78, 5) is 12.7. The summed E-state index contributed by atoms with van der Waals surface area (Å²) in [6.45, 7) is 2.07. The van der Waals surface area contributed by atoms with E-state index in [0.717, 1.165) is 18.4 Å². The molecule has 0 spiro atoms. The van der Waals surface area contributed by atoms with Gasteiger partial charge in [-0.05, 0) is 48.4 Å². The maximum Gasteiger partial charge on any atom is 0.193 e. The van der Waals surface area contributed by atoms with Crippen LogP contribution in [-0.4, -0.2) is 12.9 Å². The zero-order valence-electron chi connectivity index (χ0n) is 12.0. The lowest BCUT2D eigenvalue weighted by Crippen LogP contribution is -2.06. The molecule has 0 aromatic heterocycles. The van der Waals surface area contributed by atoms with Gasteiger partial charge in [-0.1, -0.05) is 36.5 Å². The van der Waals surface area contributed by atoms with Crippen LogP contribution in [0.4, 0.5) is 0 Å². The molecule has 0 bridgehead atoms. The first-order valence-corrected chi connectivity index (χ1v) is 7.49. The van der Waals surface area contributed by atoms with Gasteiger partial charge in [0.05, 0.1) is 12.1 Å². The van der Waals surface area contributed by atoms with Gasteiger partial charge in [0, 0.05) is 16.1 Å². The van der Waals surface area contributed by atoms with Gasteiger partial charge in [0.1, 0.15) is 5.75 Å². The van der Waals surface area contributed by atoms with Crippen LogP contribution in [0.3, 0.4) is 0 Å². The second kappa shape index (κ2) is 6.97. The Morgan fingerprint density at radius 2 is 1.81 bits per heavy atom. The van der Waals surface area contributed by atoms with Crippen molar-refractivity contribution in [2.75, 3.05) is 7.11 Å². The van der Waals surface area contributed by atoms with Crippen LogP contribution in [0.5, 0.6) is 5.75 Å². The van der Waals surface area contributed by atoms with Crippen LogP contribution in [0.25, 0.3) is 0 Å². The first kappa shape index (κ1) is 15.9. The number of carbonyl (C=O) groups is 1. The lowest BCUT2D eigenvalue weighted by atomic mass is 9.95. The monoisotopic (exact) mass is 322 g/mol. The number of rotatable bonds is 5. The number of ketones is 1. The molecule has 0 radical (unpaired) electrons. The highest BCUT2D eigenvalue weighted by Gasteiger charge is 2.16. The Bertz CT molecular complexity index is 649. The van der Waals surface area contributed by atoms with Crippen LogP contribution >= 0.6 is 23.2 Å². The number of hydrogen-bond acceptors (Lipinski definition) is 2. The van der Waals surface area contributed by atoms with Gasteiger partial charge in [0.2, 0.25) is 0 Å². The molecule has 21 heavy (non-hydrogen) atoms. The normalized spacial score (nSPS) is 10.5. The Kier molecular flexibility index (Phi) is 5.27. The van der Waals surface area contributed by atoms with E-state index in [1.54, 1.807) is 37.4 Å². The van der Waals surface area contributed by atoms with E-state index in [1.807, 2.05) is 6.07 Å². The van der Waals surface area contributed by atoms with Gasteiger partial charge in [0.25, 0.3) is 0 Å². The maximum absolute atomic E-state index is 12.7. The Morgan fingerprint density at radius 1 is 1.14 bits per heavy atom. The minimum atomic E-state index is -0.0559. The third kappa shape index (κ3) is 3.58. The van der Waals surface area contributed by atoms with E-state index < -0.39 is 0 Å². The number of ether oxygens (including phenoxy) is 1. The van der Waals surface area contributed by atoms with Crippen molar-refractivity contribution in [3.8, 4) is 5.75 Å². The average Bonchev–Trinajstić information content (AvgIpc) is 2.49. The van der Waals surface area contributed by atoms with Gasteiger partial charge in [-0.2, -0.15) is 0 Å². The van der Waals surface area contributed by atoms with Crippen LogP contribution in [0, 0.1) is 0 Å². The van der Waals surface area contributed by atoms with Crippen LogP contribution in [-0.2, 0) is 6.42 Å². The number of methoxy groups -OCH3 is 1. The molecular formula is C17H16Cl2O2. The number of carbonyl (C=O) groups excluding carboxylic acids is 1. The molecule has 4 heteroatoms. The summed E-state index contributed by atoms with van der Waals surface area (Å²) >= 11 is 12.0. The third-order valence-electron chi connectivity index (χ3n) is 3.25. The molecule has 0 saturated heterocycles. The van der Waals surface area contributed by atoms with E-state index in [9.17, 15) is 4.79 Å². The van der Waals surface area contributed by atoms with Gasteiger partial charge >= 0.3 is 0 Å². The fourth-order valence-electron chi connectivity index (χ4n) is 2.20. The van der Waals surface area contributed by atoms with Gasteiger partial charge in [-0.15, -0.1) is 0 Å². The standard InChI is InChI=1S/C17H16Cl2O2/c1-3-4-12-9-16(21-2)15(19)10-14(12)17(20)11-5-7-13(18)8-6-11/h5-10H,3-4H2,1-2H3. The second-order valence-electron chi connectivity index (χ2n) is 4.73. The molecule has 0 heterocycles. The SMILES string of the molecule is CCCc1cc(OC)c(Cl)cc1C(=O)c1ccc(Cl)cc1. The Morgan fingerprint density at radius 3 is 2.38 bits per heavy atom. The summed E-state index contributed by atoms with van der Waals surface area (Å²) in [5, 5.41) is 1.04. The molecule has 2 aromatic rings. The lowest BCUT2D eigenvalue weighted by molar-refractivity contribution is 0.103. The molecule has 0 unspecified atom stereocenters. The summed E-state index contributed by atoms with van der Waals surface area (Å²) in [6, 6.07) is 10.4. The van der Waals surface area contributed by atoms with Gasteiger partial charge in [-0.3, -0.25) is 4.79 Å². The molecular weight excluding hydrogens is 307 g/mol. The summed E-state index contributed by atoms with van der Waals surface area (Å²) in [6.07, 6.45) is 1.73. The largest absolute Gasteiger partial charge is 0.495 e.